The van der Waals surface area contributed by atoms with E-state index < -0.39 is 0 Å². The first-order valence-corrected chi connectivity index (χ1v) is 4.53. The van der Waals surface area contributed by atoms with Gasteiger partial charge in [-0.1, -0.05) is 29.8 Å². The van der Waals surface area contributed by atoms with Crippen LogP contribution in [0.3, 0.4) is 0 Å². The fraction of sp³-hybridized carbons (Fsp3) is 0.455. The van der Waals surface area contributed by atoms with Gasteiger partial charge in [0, 0.05) is 0 Å². The molecule has 1 rings (SSSR count). The van der Waals surface area contributed by atoms with E-state index in [1.54, 1.807) is 0 Å². The van der Waals surface area contributed by atoms with Crippen LogP contribution >= 0.6 is 0 Å². The van der Waals surface area contributed by atoms with Gasteiger partial charge < -0.3 is 5.32 Å². The Labute approximate surface area is 74.8 Å². The summed E-state index contributed by atoms with van der Waals surface area (Å²) < 4.78 is 0. The van der Waals surface area contributed by atoms with Crippen LogP contribution in [0.4, 0.5) is 0 Å². The molecule has 0 heterocycles. The van der Waals surface area contributed by atoms with E-state index in [0.29, 0.717) is 0 Å². The largest absolute Gasteiger partial charge is 0.320 e. The smallest absolute Gasteiger partial charge is 0.00488 e. The van der Waals surface area contributed by atoms with Crippen LogP contribution in [-0.4, -0.2) is 13.6 Å². The van der Waals surface area contributed by atoms with E-state index in [1.165, 1.54) is 24.0 Å². The highest BCUT2D eigenvalue weighted by Gasteiger charge is 1.91. The third-order valence-electron chi connectivity index (χ3n) is 1.97. The molecule has 0 fully saturated rings. The Bertz CT molecular complexity index is 230. The monoisotopic (exact) mass is 163 g/mol. The molecule has 66 valence electrons. The molecule has 1 aromatic carbocycles. The van der Waals surface area contributed by atoms with Crippen LogP contribution < -0.4 is 5.32 Å². The Hall–Kier alpha value is -0.820. The predicted molar refractivity (Wildman–Crippen MR) is 53.4 cm³/mol. The van der Waals surface area contributed by atoms with Gasteiger partial charge in [0.1, 0.15) is 0 Å². The molecule has 0 atom stereocenters. The Morgan fingerprint density at radius 1 is 1.33 bits per heavy atom. The molecule has 0 unspecified atom stereocenters. The van der Waals surface area contributed by atoms with Gasteiger partial charge in [0.15, 0.2) is 0 Å². The molecule has 1 N–H and O–H groups in total. The number of aryl methyl sites for hydroxylation is 2. The molecule has 1 heteroatoms. The van der Waals surface area contributed by atoms with E-state index in [9.17, 15) is 0 Å². The zero-order valence-corrected chi connectivity index (χ0v) is 7.93. The molecule has 0 bridgehead atoms. The highest BCUT2D eigenvalue weighted by atomic mass is 14.8. The summed E-state index contributed by atoms with van der Waals surface area (Å²) in [5, 5.41) is 3.15. The lowest BCUT2D eigenvalue weighted by atomic mass is 10.1. The average molecular weight is 163 g/mol. The molecule has 12 heavy (non-hydrogen) atoms. The van der Waals surface area contributed by atoms with Crippen molar-refractivity contribution in [1.82, 2.24) is 5.32 Å². The Kier molecular flexibility index (Phi) is 3.81. The normalized spacial score (nSPS) is 10.2. The van der Waals surface area contributed by atoms with Gasteiger partial charge in [-0.2, -0.15) is 0 Å². The predicted octanol–water partition coefficient (Wildman–Crippen LogP) is 2.15. The quantitative estimate of drug-likeness (QED) is 0.671. The van der Waals surface area contributed by atoms with Gasteiger partial charge in [-0.25, -0.2) is 0 Å². The molecule has 0 spiro atoms. The van der Waals surface area contributed by atoms with E-state index in [-0.39, 0.29) is 0 Å². The number of hydrogen-bond donors (Lipinski definition) is 1. The Morgan fingerprint density at radius 3 is 2.83 bits per heavy atom. The first-order valence-electron chi connectivity index (χ1n) is 4.53. The lowest BCUT2D eigenvalue weighted by Gasteiger charge is -2.01. The standard InChI is InChI=1S/C11H17N/c1-10-5-3-6-11(9-10)7-4-8-12-2/h3,5-6,9,12H,4,7-8H2,1-2H3. The summed E-state index contributed by atoms with van der Waals surface area (Å²) in [5.41, 5.74) is 2.81. The number of nitrogens with one attached hydrogen (secondary N) is 1. The van der Waals surface area contributed by atoms with Gasteiger partial charge in [-0.3, -0.25) is 0 Å². The molecule has 1 aromatic rings. The zero-order chi connectivity index (χ0) is 8.81. The molecule has 0 amide bonds. The van der Waals surface area contributed by atoms with E-state index in [2.05, 4.69) is 36.5 Å². The fourth-order valence-corrected chi connectivity index (χ4v) is 1.34. The molecule has 0 aromatic heterocycles. The van der Waals surface area contributed by atoms with Crippen LogP contribution in [0.15, 0.2) is 24.3 Å². The van der Waals surface area contributed by atoms with Gasteiger partial charge in [-0.15, -0.1) is 0 Å². The molecule has 1 nitrogen and oxygen atoms in total. The lowest BCUT2D eigenvalue weighted by Crippen LogP contribution is -2.08. The van der Waals surface area contributed by atoms with Crippen LogP contribution in [0, 0.1) is 6.92 Å². The van der Waals surface area contributed by atoms with Crippen LogP contribution in [0.2, 0.25) is 0 Å². The second-order valence-electron chi connectivity index (χ2n) is 3.20. The van der Waals surface area contributed by atoms with Crippen molar-refractivity contribution in [2.75, 3.05) is 13.6 Å². The third-order valence-corrected chi connectivity index (χ3v) is 1.97. The average Bonchev–Trinajstić information content (AvgIpc) is 2.05. The second kappa shape index (κ2) is 4.94. The molecule has 0 aliphatic rings. The van der Waals surface area contributed by atoms with E-state index in [0.717, 1.165) is 6.54 Å². The summed E-state index contributed by atoms with van der Waals surface area (Å²) in [4.78, 5) is 0. The molecule has 0 radical (unpaired) electrons. The first kappa shape index (κ1) is 9.27. The summed E-state index contributed by atoms with van der Waals surface area (Å²) in [5.74, 6) is 0. The zero-order valence-electron chi connectivity index (χ0n) is 7.93. The maximum atomic E-state index is 3.15. The number of hydrogen-bond acceptors (Lipinski definition) is 1. The van der Waals surface area contributed by atoms with E-state index in [4.69, 9.17) is 0 Å². The summed E-state index contributed by atoms with van der Waals surface area (Å²) in [6, 6.07) is 8.73. The molecule has 0 saturated heterocycles. The summed E-state index contributed by atoms with van der Waals surface area (Å²) in [6.45, 7) is 3.25. The van der Waals surface area contributed by atoms with Crippen molar-refractivity contribution in [2.24, 2.45) is 0 Å². The fourth-order valence-electron chi connectivity index (χ4n) is 1.34. The first-order chi connectivity index (χ1) is 5.83. The minimum atomic E-state index is 1.11. The van der Waals surface area contributed by atoms with Crippen molar-refractivity contribution in [3.05, 3.63) is 35.4 Å². The Balaban J connectivity index is 2.41. The van der Waals surface area contributed by atoms with E-state index in [1.807, 2.05) is 7.05 Å². The van der Waals surface area contributed by atoms with Crippen molar-refractivity contribution in [3.8, 4) is 0 Å². The van der Waals surface area contributed by atoms with Gasteiger partial charge in [0.05, 0.1) is 0 Å². The summed E-state index contributed by atoms with van der Waals surface area (Å²) in [6.07, 6.45) is 2.41. The lowest BCUT2D eigenvalue weighted by molar-refractivity contribution is 0.724. The van der Waals surface area contributed by atoms with Gasteiger partial charge >= 0.3 is 0 Å². The number of rotatable bonds is 4. The maximum absolute atomic E-state index is 3.15. The van der Waals surface area contributed by atoms with Gasteiger partial charge in [0.2, 0.25) is 0 Å². The molecule has 0 aliphatic heterocycles. The van der Waals surface area contributed by atoms with Crippen LogP contribution in [0.5, 0.6) is 0 Å². The van der Waals surface area contributed by atoms with Gasteiger partial charge in [-0.05, 0) is 38.9 Å². The van der Waals surface area contributed by atoms with Gasteiger partial charge in [0.25, 0.3) is 0 Å². The van der Waals surface area contributed by atoms with Crippen LogP contribution in [0.25, 0.3) is 0 Å². The summed E-state index contributed by atoms with van der Waals surface area (Å²) in [7, 11) is 2.00. The minimum Gasteiger partial charge on any atom is -0.320 e. The third kappa shape index (κ3) is 3.05. The highest BCUT2D eigenvalue weighted by Crippen LogP contribution is 2.05. The molecule has 0 aliphatic carbocycles. The minimum absolute atomic E-state index is 1.11. The van der Waals surface area contributed by atoms with Crippen molar-refractivity contribution >= 4 is 0 Å². The highest BCUT2D eigenvalue weighted by molar-refractivity contribution is 5.22. The van der Waals surface area contributed by atoms with Crippen molar-refractivity contribution in [2.45, 2.75) is 19.8 Å². The molecule has 0 saturated carbocycles. The maximum Gasteiger partial charge on any atom is -0.00488 e. The van der Waals surface area contributed by atoms with E-state index >= 15 is 0 Å². The van der Waals surface area contributed by atoms with Crippen molar-refractivity contribution in [3.63, 3.8) is 0 Å². The number of benzene rings is 1. The van der Waals surface area contributed by atoms with Crippen molar-refractivity contribution < 1.29 is 0 Å². The second-order valence-corrected chi connectivity index (χ2v) is 3.20. The SMILES string of the molecule is CNCCCc1cccc(C)c1. The summed E-state index contributed by atoms with van der Waals surface area (Å²) >= 11 is 0. The van der Waals surface area contributed by atoms with Crippen molar-refractivity contribution in [1.29, 1.82) is 0 Å². The van der Waals surface area contributed by atoms with Crippen LogP contribution in [-0.2, 0) is 6.42 Å². The van der Waals surface area contributed by atoms with Crippen LogP contribution in [0.1, 0.15) is 17.5 Å². The molecular formula is C11H17N. The molecular weight excluding hydrogens is 146 g/mol. The topological polar surface area (TPSA) is 12.0 Å². The Morgan fingerprint density at radius 2 is 2.17 bits per heavy atom.